The van der Waals surface area contributed by atoms with E-state index in [-0.39, 0.29) is 23.0 Å². The molecule has 0 atom stereocenters. The second-order valence-electron chi connectivity index (χ2n) is 5.86. The van der Waals surface area contributed by atoms with E-state index in [4.69, 9.17) is 9.84 Å². The zero-order valence-corrected chi connectivity index (χ0v) is 15.5. The van der Waals surface area contributed by atoms with E-state index in [0.29, 0.717) is 16.2 Å². The molecule has 0 fully saturated rings. The highest BCUT2D eigenvalue weighted by atomic mass is 32.1. The Labute approximate surface area is 168 Å². The first-order valence-corrected chi connectivity index (χ1v) is 9.04. The number of ether oxygens (including phenoxy) is 1. The van der Waals surface area contributed by atoms with Crippen LogP contribution in [0.15, 0.2) is 54.6 Å². The number of carboxylic acids is 2. The van der Waals surface area contributed by atoms with Crippen molar-refractivity contribution in [3.63, 3.8) is 0 Å². The number of nitrogens with one attached hydrogen (secondary N) is 1. The molecule has 0 aliphatic carbocycles. The van der Waals surface area contributed by atoms with E-state index >= 15 is 0 Å². The highest BCUT2D eigenvalue weighted by Gasteiger charge is 2.20. The number of hydrogen-bond donors (Lipinski definition) is 3. The summed E-state index contributed by atoms with van der Waals surface area (Å²) >= 11 is 0.908. The van der Waals surface area contributed by atoms with Gasteiger partial charge in [0.25, 0.3) is 0 Å². The van der Waals surface area contributed by atoms with Crippen molar-refractivity contribution >= 4 is 34.9 Å². The molecule has 0 spiro atoms. The molecule has 0 saturated heterocycles. The summed E-state index contributed by atoms with van der Waals surface area (Å²) in [7, 11) is 0. The lowest BCUT2D eigenvalue weighted by Crippen LogP contribution is -2.22. The lowest BCUT2D eigenvalue weighted by Gasteiger charge is -2.07. The Morgan fingerprint density at radius 1 is 1.00 bits per heavy atom. The second-order valence-corrected chi connectivity index (χ2v) is 6.91. The maximum Gasteiger partial charge on any atom is 0.394 e. The number of amides is 1. The summed E-state index contributed by atoms with van der Waals surface area (Å²) in [5, 5.41) is 20.0. The summed E-state index contributed by atoms with van der Waals surface area (Å²) in [6, 6.07) is 14.1. The van der Waals surface area contributed by atoms with E-state index in [9.17, 15) is 23.9 Å². The summed E-state index contributed by atoms with van der Waals surface area (Å²) in [5.41, 5.74) is 1.39. The van der Waals surface area contributed by atoms with Crippen LogP contribution in [0.1, 0.15) is 15.2 Å². The van der Waals surface area contributed by atoms with Gasteiger partial charge in [-0.25, -0.2) is 14.0 Å². The zero-order valence-electron chi connectivity index (χ0n) is 14.7. The highest BCUT2D eigenvalue weighted by Crippen LogP contribution is 2.35. The number of thiophene rings is 1. The molecular formula is C20H14FNO6S. The smallest absolute Gasteiger partial charge is 0.394 e. The Morgan fingerprint density at radius 2 is 1.66 bits per heavy atom. The van der Waals surface area contributed by atoms with E-state index in [1.807, 2.05) is 0 Å². The summed E-state index contributed by atoms with van der Waals surface area (Å²) in [6.45, 7) is 0.257. The quantitative estimate of drug-likeness (QED) is 0.527. The molecule has 3 N–H and O–H groups in total. The maximum absolute atomic E-state index is 12.9. The van der Waals surface area contributed by atoms with Crippen LogP contribution in [0.3, 0.4) is 0 Å². The molecule has 0 unspecified atom stereocenters. The number of carboxylic acid groups (broad SMARTS) is 2. The van der Waals surface area contributed by atoms with Gasteiger partial charge >= 0.3 is 17.8 Å². The number of rotatable bonds is 6. The zero-order chi connectivity index (χ0) is 21.0. The van der Waals surface area contributed by atoms with Gasteiger partial charge in [0.05, 0.1) is 5.69 Å². The average Bonchev–Trinajstić information content (AvgIpc) is 3.12. The van der Waals surface area contributed by atoms with Crippen LogP contribution >= 0.6 is 11.3 Å². The summed E-state index contributed by atoms with van der Waals surface area (Å²) in [4.78, 5) is 33.8. The molecular weight excluding hydrogens is 401 g/mol. The molecule has 1 heterocycles. The van der Waals surface area contributed by atoms with Crippen molar-refractivity contribution in [2.45, 2.75) is 6.61 Å². The van der Waals surface area contributed by atoms with Crippen LogP contribution in [0.25, 0.3) is 10.4 Å². The fraction of sp³-hybridized carbons (Fsp3) is 0.0500. The number of aromatic carboxylic acids is 1. The fourth-order valence-corrected chi connectivity index (χ4v) is 3.38. The molecule has 3 rings (SSSR count). The first-order chi connectivity index (χ1) is 13.8. The molecule has 9 heteroatoms. The average molecular weight is 415 g/mol. The largest absolute Gasteiger partial charge is 0.489 e. The van der Waals surface area contributed by atoms with Gasteiger partial charge in [-0.3, -0.25) is 4.79 Å². The minimum Gasteiger partial charge on any atom is -0.489 e. The molecule has 0 aliphatic heterocycles. The third kappa shape index (κ3) is 4.96. The molecule has 2 aromatic carbocycles. The van der Waals surface area contributed by atoms with Crippen LogP contribution in [0.2, 0.25) is 0 Å². The van der Waals surface area contributed by atoms with Gasteiger partial charge in [-0.05, 0) is 53.6 Å². The summed E-state index contributed by atoms with van der Waals surface area (Å²) in [6.07, 6.45) is 0. The van der Waals surface area contributed by atoms with E-state index in [2.05, 4.69) is 5.32 Å². The van der Waals surface area contributed by atoms with Gasteiger partial charge in [0.2, 0.25) is 0 Å². The minimum absolute atomic E-state index is 0.0819. The van der Waals surface area contributed by atoms with Gasteiger partial charge in [0, 0.05) is 4.88 Å². The number of anilines is 1. The van der Waals surface area contributed by atoms with Gasteiger partial charge in [-0.2, -0.15) is 0 Å². The molecule has 7 nitrogen and oxygen atoms in total. The lowest BCUT2D eigenvalue weighted by molar-refractivity contribution is -0.147. The number of carbonyl (C=O) groups is 3. The van der Waals surface area contributed by atoms with Crippen LogP contribution in [-0.2, 0) is 16.2 Å². The lowest BCUT2D eigenvalue weighted by atomic mass is 10.1. The second kappa shape index (κ2) is 8.53. The molecule has 0 bridgehead atoms. The predicted octanol–water partition coefficient (Wildman–Crippen LogP) is 3.85. The van der Waals surface area contributed by atoms with Gasteiger partial charge in [0.15, 0.2) is 0 Å². The van der Waals surface area contributed by atoms with Crippen molar-refractivity contribution in [1.29, 1.82) is 0 Å². The number of hydrogen-bond acceptors (Lipinski definition) is 5. The van der Waals surface area contributed by atoms with Crippen molar-refractivity contribution in [3.05, 3.63) is 70.9 Å². The monoisotopic (exact) mass is 415 g/mol. The van der Waals surface area contributed by atoms with Crippen molar-refractivity contribution in [2.24, 2.45) is 0 Å². The van der Waals surface area contributed by atoms with Crippen LogP contribution in [-0.4, -0.2) is 28.1 Å². The van der Waals surface area contributed by atoms with Gasteiger partial charge < -0.3 is 20.3 Å². The molecule has 0 radical (unpaired) electrons. The van der Waals surface area contributed by atoms with Crippen molar-refractivity contribution in [2.75, 3.05) is 5.32 Å². The summed E-state index contributed by atoms with van der Waals surface area (Å²) < 4.78 is 18.5. The number of benzene rings is 2. The Balaban J connectivity index is 1.75. The normalized spacial score (nSPS) is 10.4. The molecule has 3 aromatic rings. The SMILES string of the molecule is O=C(O)C(=O)Nc1cc(-c2ccc(OCc3ccc(F)cc3)cc2)sc1C(=O)O. The van der Waals surface area contributed by atoms with Crippen molar-refractivity contribution in [1.82, 2.24) is 0 Å². The van der Waals surface area contributed by atoms with E-state index < -0.39 is 17.8 Å². The number of halogens is 1. The minimum atomic E-state index is -1.71. The topological polar surface area (TPSA) is 113 Å². The fourth-order valence-electron chi connectivity index (χ4n) is 2.42. The predicted molar refractivity (Wildman–Crippen MR) is 104 cm³/mol. The van der Waals surface area contributed by atoms with Crippen LogP contribution in [0.4, 0.5) is 10.1 Å². The molecule has 0 saturated carbocycles. The molecule has 29 heavy (non-hydrogen) atoms. The number of carbonyl (C=O) groups excluding carboxylic acids is 1. The van der Waals surface area contributed by atoms with Crippen LogP contribution < -0.4 is 10.1 Å². The Hall–Kier alpha value is -3.72. The van der Waals surface area contributed by atoms with E-state index in [1.165, 1.54) is 18.2 Å². The first-order valence-electron chi connectivity index (χ1n) is 8.22. The third-order valence-electron chi connectivity index (χ3n) is 3.83. The van der Waals surface area contributed by atoms with Gasteiger partial charge in [0.1, 0.15) is 23.1 Å². The maximum atomic E-state index is 12.9. The Bertz CT molecular complexity index is 1060. The molecule has 148 valence electrons. The Kier molecular flexibility index (Phi) is 5.89. The summed E-state index contributed by atoms with van der Waals surface area (Å²) in [5.74, 6) is -4.07. The third-order valence-corrected chi connectivity index (χ3v) is 5.00. The highest BCUT2D eigenvalue weighted by molar-refractivity contribution is 7.18. The van der Waals surface area contributed by atoms with Crippen molar-refractivity contribution in [3.8, 4) is 16.2 Å². The van der Waals surface area contributed by atoms with Crippen molar-refractivity contribution < 1.29 is 33.7 Å². The Morgan fingerprint density at radius 3 is 2.24 bits per heavy atom. The molecule has 1 aromatic heterocycles. The van der Waals surface area contributed by atoms with Crippen LogP contribution in [0, 0.1) is 5.82 Å². The standard InChI is InChI=1S/C20H14FNO6S/c21-13-5-1-11(2-6-13)10-28-14-7-3-12(4-8-14)16-9-15(17(29-16)19(24)25)22-18(23)20(26)27/h1-9H,10H2,(H,22,23)(H,24,25)(H,26,27). The molecule has 1 amide bonds. The number of aliphatic carboxylic acids is 1. The first kappa shape index (κ1) is 20.0. The van der Waals surface area contributed by atoms with Gasteiger partial charge in [-0.15, -0.1) is 11.3 Å². The van der Waals surface area contributed by atoms with Gasteiger partial charge in [-0.1, -0.05) is 12.1 Å². The molecule has 0 aliphatic rings. The van der Waals surface area contributed by atoms with Crippen LogP contribution in [0.5, 0.6) is 5.75 Å². The van der Waals surface area contributed by atoms with E-state index in [1.54, 1.807) is 36.4 Å². The van der Waals surface area contributed by atoms with E-state index in [0.717, 1.165) is 16.9 Å².